The lowest BCUT2D eigenvalue weighted by Gasteiger charge is -2.17. The number of amides is 2. The maximum Gasteiger partial charge on any atom is 0.251 e. The molecule has 1 fully saturated rings. The molecule has 0 aliphatic carbocycles. The predicted molar refractivity (Wildman–Crippen MR) is 70.5 cm³/mol. The van der Waals surface area contributed by atoms with Gasteiger partial charge in [0.25, 0.3) is 5.91 Å². The zero-order chi connectivity index (χ0) is 13.4. The van der Waals surface area contributed by atoms with Gasteiger partial charge in [0.05, 0.1) is 6.42 Å². The highest BCUT2D eigenvalue weighted by atomic mass is 16.2. The van der Waals surface area contributed by atoms with Crippen molar-refractivity contribution < 1.29 is 9.59 Å². The Morgan fingerprint density at radius 3 is 2.17 bits per heavy atom. The quantitative estimate of drug-likeness (QED) is 0.809. The standard InChI is InChI=1S/C14H18N2O2/c1-8-5-9(2)13(10(3)6-8)15-11-7-12(17)16(4)14(11)18/h5-6,11,15H,7H2,1-4H3. The Balaban J connectivity index is 2.26. The highest BCUT2D eigenvalue weighted by Gasteiger charge is 2.36. The molecule has 1 aliphatic heterocycles. The minimum absolute atomic E-state index is 0.125. The van der Waals surface area contributed by atoms with Crippen molar-refractivity contribution in [3.05, 3.63) is 28.8 Å². The molecule has 1 N–H and O–H groups in total. The summed E-state index contributed by atoms with van der Waals surface area (Å²) in [5.74, 6) is -0.278. The predicted octanol–water partition coefficient (Wildman–Crippen LogP) is 1.78. The maximum atomic E-state index is 11.9. The number of rotatable bonds is 2. The van der Waals surface area contributed by atoms with Crippen LogP contribution in [0.15, 0.2) is 12.1 Å². The average molecular weight is 246 g/mol. The molecule has 2 rings (SSSR count). The van der Waals surface area contributed by atoms with Crippen LogP contribution in [-0.2, 0) is 9.59 Å². The molecule has 1 unspecified atom stereocenters. The van der Waals surface area contributed by atoms with Crippen molar-refractivity contribution in [3.8, 4) is 0 Å². The van der Waals surface area contributed by atoms with E-state index in [0.717, 1.165) is 16.8 Å². The topological polar surface area (TPSA) is 49.4 Å². The molecule has 1 heterocycles. The second-order valence-corrected chi connectivity index (χ2v) is 4.97. The van der Waals surface area contributed by atoms with E-state index in [9.17, 15) is 9.59 Å². The Morgan fingerprint density at radius 2 is 1.72 bits per heavy atom. The normalized spacial score (nSPS) is 19.6. The third kappa shape index (κ3) is 2.10. The number of nitrogens with one attached hydrogen (secondary N) is 1. The van der Waals surface area contributed by atoms with E-state index in [0.29, 0.717) is 0 Å². The summed E-state index contributed by atoms with van der Waals surface area (Å²) < 4.78 is 0. The van der Waals surface area contributed by atoms with Gasteiger partial charge in [-0.1, -0.05) is 17.7 Å². The Bertz CT molecular complexity index is 500. The first-order valence-electron chi connectivity index (χ1n) is 6.05. The molecular weight excluding hydrogens is 228 g/mol. The van der Waals surface area contributed by atoms with Crippen LogP contribution in [0.1, 0.15) is 23.1 Å². The number of nitrogens with zero attached hydrogens (tertiary/aromatic N) is 1. The molecule has 0 spiro atoms. The van der Waals surface area contributed by atoms with E-state index in [1.165, 1.54) is 17.5 Å². The summed E-state index contributed by atoms with van der Waals surface area (Å²) in [6, 6.07) is 3.71. The summed E-state index contributed by atoms with van der Waals surface area (Å²) in [5, 5.41) is 3.20. The van der Waals surface area contributed by atoms with E-state index in [2.05, 4.69) is 17.4 Å². The van der Waals surface area contributed by atoms with E-state index in [1.807, 2.05) is 20.8 Å². The lowest BCUT2D eigenvalue weighted by Crippen LogP contribution is -2.32. The molecule has 0 saturated carbocycles. The fourth-order valence-corrected chi connectivity index (χ4v) is 2.45. The van der Waals surface area contributed by atoms with Gasteiger partial charge >= 0.3 is 0 Å². The summed E-state index contributed by atoms with van der Waals surface area (Å²) in [4.78, 5) is 24.5. The number of likely N-dealkylation sites (N-methyl/N-ethyl adjacent to an activating group) is 1. The third-order valence-corrected chi connectivity index (χ3v) is 3.38. The maximum absolute atomic E-state index is 11.9. The molecule has 1 atom stereocenters. The average Bonchev–Trinajstić information content (AvgIpc) is 2.51. The van der Waals surface area contributed by atoms with Crippen molar-refractivity contribution in [2.24, 2.45) is 0 Å². The van der Waals surface area contributed by atoms with E-state index in [4.69, 9.17) is 0 Å². The molecule has 1 aromatic rings. The van der Waals surface area contributed by atoms with Gasteiger partial charge in [0, 0.05) is 12.7 Å². The highest BCUT2D eigenvalue weighted by Crippen LogP contribution is 2.25. The molecule has 0 aromatic heterocycles. The lowest BCUT2D eigenvalue weighted by molar-refractivity contribution is -0.136. The fraction of sp³-hybridized carbons (Fsp3) is 0.429. The molecule has 4 nitrogen and oxygen atoms in total. The van der Waals surface area contributed by atoms with Crippen LogP contribution >= 0.6 is 0 Å². The highest BCUT2D eigenvalue weighted by molar-refractivity contribution is 6.06. The van der Waals surface area contributed by atoms with Crippen molar-refractivity contribution in [1.82, 2.24) is 4.90 Å². The first-order chi connectivity index (χ1) is 8.40. The third-order valence-electron chi connectivity index (χ3n) is 3.38. The first kappa shape index (κ1) is 12.6. The molecule has 2 amide bonds. The first-order valence-corrected chi connectivity index (χ1v) is 6.05. The van der Waals surface area contributed by atoms with Crippen LogP contribution in [-0.4, -0.2) is 29.8 Å². The lowest BCUT2D eigenvalue weighted by atomic mass is 10.0. The minimum atomic E-state index is -0.428. The van der Waals surface area contributed by atoms with Gasteiger partial charge in [-0.25, -0.2) is 0 Å². The van der Waals surface area contributed by atoms with E-state index < -0.39 is 6.04 Å². The number of carbonyl (C=O) groups excluding carboxylic acids is 2. The number of benzene rings is 1. The Labute approximate surface area is 107 Å². The molecule has 0 radical (unpaired) electrons. The summed E-state index contributed by atoms with van der Waals surface area (Å²) in [7, 11) is 1.53. The van der Waals surface area contributed by atoms with Gasteiger partial charge in [0.1, 0.15) is 6.04 Å². The number of hydrogen-bond acceptors (Lipinski definition) is 3. The second-order valence-electron chi connectivity index (χ2n) is 4.97. The van der Waals surface area contributed by atoms with Crippen molar-refractivity contribution in [2.45, 2.75) is 33.2 Å². The molecule has 1 aliphatic rings. The van der Waals surface area contributed by atoms with Gasteiger partial charge in [-0.05, 0) is 31.9 Å². The van der Waals surface area contributed by atoms with Gasteiger partial charge in [-0.2, -0.15) is 0 Å². The summed E-state index contributed by atoms with van der Waals surface area (Å²) in [6.07, 6.45) is 0.238. The molecule has 18 heavy (non-hydrogen) atoms. The van der Waals surface area contributed by atoms with Gasteiger partial charge in [-0.3, -0.25) is 14.5 Å². The Morgan fingerprint density at radius 1 is 1.17 bits per heavy atom. The smallest absolute Gasteiger partial charge is 0.251 e. The zero-order valence-corrected chi connectivity index (χ0v) is 11.2. The van der Waals surface area contributed by atoms with Gasteiger partial charge in [-0.15, -0.1) is 0 Å². The van der Waals surface area contributed by atoms with Crippen LogP contribution in [0.25, 0.3) is 0 Å². The van der Waals surface area contributed by atoms with E-state index in [1.54, 1.807) is 0 Å². The van der Waals surface area contributed by atoms with Crippen molar-refractivity contribution in [1.29, 1.82) is 0 Å². The van der Waals surface area contributed by atoms with Crippen LogP contribution in [0.3, 0.4) is 0 Å². The van der Waals surface area contributed by atoms with Gasteiger partial charge in [0.2, 0.25) is 5.91 Å². The summed E-state index contributed by atoms with van der Waals surface area (Å²) >= 11 is 0. The molecule has 4 heteroatoms. The van der Waals surface area contributed by atoms with Crippen LogP contribution < -0.4 is 5.32 Å². The van der Waals surface area contributed by atoms with Crippen molar-refractivity contribution in [3.63, 3.8) is 0 Å². The number of hydrogen-bond donors (Lipinski definition) is 1. The second kappa shape index (κ2) is 4.44. The molecule has 1 saturated heterocycles. The van der Waals surface area contributed by atoms with Crippen LogP contribution in [0.2, 0.25) is 0 Å². The van der Waals surface area contributed by atoms with E-state index in [-0.39, 0.29) is 18.2 Å². The van der Waals surface area contributed by atoms with Crippen molar-refractivity contribution >= 4 is 17.5 Å². The number of carbonyl (C=O) groups is 2. The van der Waals surface area contributed by atoms with Crippen molar-refractivity contribution in [2.75, 3.05) is 12.4 Å². The van der Waals surface area contributed by atoms with E-state index >= 15 is 0 Å². The number of imide groups is 1. The Hall–Kier alpha value is -1.84. The SMILES string of the molecule is Cc1cc(C)c(NC2CC(=O)N(C)C2=O)c(C)c1. The molecule has 1 aromatic carbocycles. The van der Waals surface area contributed by atoms with Crippen LogP contribution in [0, 0.1) is 20.8 Å². The minimum Gasteiger partial charge on any atom is -0.373 e. The summed E-state index contributed by atoms with van der Waals surface area (Å²) in [5.41, 5.74) is 4.35. The van der Waals surface area contributed by atoms with Gasteiger partial charge < -0.3 is 5.32 Å². The fourth-order valence-electron chi connectivity index (χ4n) is 2.45. The molecular formula is C14H18N2O2. The largest absolute Gasteiger partial charge is 0.373 e. The molecule has 96 valence electrons. The zero-order valence-electron chi connectivity index (χ0n) is 11.2. The van der Waals surface area contributed by atoms with Crippen LogP contribution in [0.4, 0.5) is 5.69 Å². The Kier molecular flexibility index (Phi) is 3.11. The monoisotopic (exact) mass is 246 g/mol. The number of likely N-dealkylation sites (tertiary alicyclic amines) is 1. The number of anilines is 1. The number of aryl methyl sites for hydroxylation is 3. The van der Waals surface area contributed by atoms with Gasteiger partial charge in [0.15, 0.2) is 0 Å². The summed E-state index contributed by atoms with van der Waals surface area (Å²) in [6.45, 7) is 6.06. The van der Waals surface area contributed by atoms with Crippen LogP contribution in [0.5, 0.6) is 0 Å². The molecule has 0 bridgehead atoms.